The van der Waals surface area contributed by atoms with Crippen LogP contribution in [0.2, 0.25) is 0 Å². The SMILES string of the molecule is CC(F)C(F)(F)Cl.FCC(F)(Cl)CF. The molecule has 0 amide bonds. The van der Waals surface area contributed by atoms with Crippen LogP contribution in [0.3, 0.4) is 0 Å². The van der Waals surface area contributed by atoms with Gasteiger partial charge < -0.3 is 0 Å². The lowest BCUT2D eigenvalue weighted by Crippen LogP contribution is -2.19. The number of hydrogen-bond acceptors (Lipinski definition) is 0. The molecule has 0 N–H and O–H groups in total. The Kier molecular flexibility index (Phi) is 7.83. The molecule has 0 aromatic carbocycles. The number of hydrogen-bond donors (Lipinski definition) is 0. The Hall–Kier alpha value is 0.160. The standard InChI is InChI=1S/2C3H4ClF3/c4-3(7,1-5)2-6;1-2(5)3(4,6)7/h1-2H2;2H,1H3. The molecule has 1 atom stereocenters. The molecule has 0 bridgehead atoms. The molecule has 0 heterocycles. The molecule has 0 aliphatic rings. The molecule has 0 saturated carbocycles. The summed E-state index contributed by atoms with van der Waals surface area (Å²) in [7, 11) is 0. The van der Waals surface area contributed by atoms with Gasteiger partial charge in [0.2, 0.25) is 5.13 Å². The van der Waals surface area contributed by atoms with Crippen LogP contribution in [0.4, 0.5) is 26.3 Å². The molecule has 0 aliphatic carbocycles. The Morgan fingerprint density at radius 1 is 1.07 bits per heavy atom. The molecule has 1 unspecified atom stereocenters. The van der Waals surface area contributed by atoms with Crippen molar-refractivity contribution in [1.29, 1.82) is 0 Å². The smallest absolute Gasteiger partial charge is 0.246 e. The summed E-state index contributed by atoms with van der Waals surface area (Å²) in [5, 5.41) is -6.47. The Bertz CT molecular complexity index is 135. The van der Waals surface area contributed by atoms with Crippen LogP contribution < -0.4 is 0 Å². The summed E-state index contributed by atoms with van der Waals surface area (Å²) >= 11 is 8.65. The summed E-state index contributed by atoms with van der Waals surface area (Å²) in [6, 6.07) is 0. The Morgan fingerprint density at radius 3 is 1.29 bits per heavy atom. The molecular weight excluding hydrogens is 257 g/mol. The van der Waals surface area contributed by atoms with Crippen molar-refractivity contribution in [3.8, 4) is 0 Å². The predicted octanol–water partition coefficient (Wildman–Crippen LogP) is 4.01. The first-order valence-electron chi connectivity index (χ1n) is 3.27. The van der Waals surface area contributed by atoms with Gasteiger partial charge >= 0.3 is 5.38 Å². The van der Waals surface area contributed by atoms with Crippen LogP contribution in [0.5, 0.6) is 0 Å². The maximum Gasteiger partial charge on any atom is 0.352 e. The highest BCUT2D eigenvalue weighted by atomic mass is 35.5. The van der Waals surface area contributed by atoms with E-state index >= 15 is 0 Å². The van der Waals surface area contributed by atoms with E-state index in [0.29, 0.717) is 6.92 Å². The Labute approximate surface area is 87.2 Å². The van der Waals surface area contributed by atoms with E-state index in [4.69, 9.17) is 0 Å². The van der Waals surface area contributed by atoms with Crippen molar-refractivity contribution in [2.75, 3.05) is 13.3 Å². The van der Waals surface area contributed by atoms with Crippen molar-refractivity contribution in [2.45, 2.75) is 23.6 Å². The van der Waals surface area contributed by atoms with E-state index in [-0.39, 0.29) is 0 Å². The van der Waals surface area contributed by atoms with Crippen LogP contribution in [0.15, 0.2) is 0 Å². The van der Waals surface area contributed by atoms with Gasteiger partial charge in [-0.05, 0) is 18.5 Å². The lowest BCUT2D eigenvalue weighted by molar-refractivity contribution is 0.0160. The molecule has 0 fully saturated rings. The van der Waals surface area contributed by atoms with Gasteiger partial charge in [-0.3, -0.25) is 0 Å². The molecule has 0 nitrogen and oxygen atoms in total. The van der Waals surface area contributed by atoms with E-state index in [2.05, 4.69) is 23.2 Å². The van der Waals surface area contributed by atoms with Crippen LogP contribution in [-0.4, -0.2) is 30.0 Å². The zero-order valence-corrected chi connectivity index (χ0v) is 8.53. The van der Waals surface area contributed by atoms with Crippen molar-refractivity contribution in [3.05, 3.63) is 0 Å². The van der Waals surface area contributed by atoms with Crippen molar-refractivity contribution in [2.24, 2.45) is 0 Å². The molecule has 0 aromatic heterocycles. The molecule has 0 radical (unpaired) electrons. The van der Waals surface area contributed by atoms with Gasteiger partial charge in [-0.1, -0.05) is 11.6 Å². The highest BCUT2D eigenvalue weighted by Gasteiger charge is 2.33. The number of alkyl halides is 8. The molecule has 0 rings (SSSR count). The van der Waals surface area contributed by atoms with Gasteiger partial charge in [0, 0.05) is 0 Å². The third kappa shape index (κ3) is 10.2. The normalized spacial score (nSPS) is 14.4. The first kappa shape index (κ1) is 16.6. The first-order valence-corrected chi connectivity index (χ1v) is 4.03. The Balaban J connectivity index is 0. The van der Waals surface area contributed by atoms with Crippen molar-refractivity contribution in [3.63, 3.8) is 0 Å². The molecule has 8 heteroatoms. The molecule has 0 saturated heterocycles. The van der Waals surface area contributed by atoms with Crippen LogP contribution in [0.25, 0.3) is 0 Å². The van der Waals surface area contributed by atoms with Crippen molar-refractivity contribution >= 4 is 23.2 Å². The minimum absolute atomic E-state index is 0.701. The van der Waals surface area contributed by atoms with Crippen LogP contribution >= 0.6 is 23.2 Å². The third-order valence-electron chi connectivity index (χ3n) is 0.842. The molecule has 14 heavy (non-hydrogen) atoms. The predicted molar refractivity (Wildman–Crippen MR) is 43.0 cm³/mol. The molecule has 0 aliphatic heterocycles. The molecule has 0 aromatic rings. The number of halogens is 8. The molecule has 88 valence electrons. The van der Waals surface area contributed by atoms with Crippen LogP contribution in [0.1, 0.15) is 6.92 Å². The van der Waals surface area contributed by atoms with Gasteiger partial charge in [-0.25, -0.2) is 17.6 Å². The summed E-state index contributed by atoms with van der Waals surface area (Å²) in [6.07, 6.45) is -2.27. The minimum atomic E-state index is -3.69. The summed E-state index contributed by atoms with van der Waals surface area (Å²) in [5.41, 5.74) is 0. The van der Waals surface area contributed by atoms with Gasteiger partial charge in [-0.15, -0.1) is 0 Å². The van der Waals surface area contributed by atoms with Crippen LogP contribution in [0, 0.1) is 0 Å². The van der Waals surface area contributed by atoms with Gasteiger partial charge in [0.05, 0.1) is 0 Å². The second-order valence-corrected chi connectivity index (χ2v) is 3.46. The highest BCUT2D eigenvalue weighted by molar-refractivity contribution is 6.23. The van der Waals surface area contributed by atoms with Crippen molar-refractivity contribution in [1.82, 2.24) is 0 Å². The van der Waals surface area contributed by atoms with Gasteiger partial charge in [0.1, 0.15) is 13.3 Å². The highest BCUT2D eigenvalue weighted by Crippen LogP contribution is 2.25. The van der Waals surface area contributed by atoms with Gasteiger partial charge in [0.15, 0.2) is 6.17 Å². The monoisotopic (exact) mass is 264 g/mol. The average molecular weight is 265 g/mol. The van der Waals surface area contributed by atoms with E-state index in [1.54, 1.807) is 0 Å². The maximum atomic E-state index is 11.6. The minimum Gasteiger partial charge on any atom is -0.246 e. The fourth-order valence-electron chi connectivity index (χ4n) is 0.0357. The quantitative estimate of drug-likeness (QED) is 0.534. The van der Waals surface area contributed by atoms with E-state index in [1.165, 1.54) is 0 Å². The zero-order valence-electron chi connectivity index (χ0n) is 7.02. The summed E-state index contributed by atoms with van der Waals surface area (Å²) in [4.78, 5) is 0. The van der Waals surface area contributed by atoms with E-state index in [1.807, 2.05) is 0 Å². The third-order valence-corrected chi connectivity index (χ3v) is 1.34. The Morgan fingerprint density at radius 2 is 1.29 bits per heavy atom. The van der Waals surface area contributed by atoms with Crippen molar-refractivity contribution < 1.29 is 26.3 Å². The fraction of sp³-hybridized carbons (Fsp3) is 1.00. The second kappa shape index (κ2) is 6.61. The largest absolute Gasteiger partial charge is 0.352 e. The average Bonchev–Trinajstić information content (AvgIpc) is 2.04. The molecular formula is C6H8Cl2F6. The lowest BCUT2D eigenvalue weighted by atomic mass is 10.5. The molecule has 0 spiro atoms. The van der Waals surface area contributed by atoms with Crippen LogP contribution in [-0.2, 0) is 0 Å². The van der Waals surface area contributed by atoms with E-state index < -0.39 is 30.0 Å². The summed E-state index contributed by atoms with van der Waals surface area (Å²) in [6.45, 7) is -2.26. The lowest BCUT2D eigenvalue weighted by Gasteiger charge is -2.05. The fourth-order valence-corrected chi connectivity index (χ4v) is 0.0357. The summed E-state index contributed by atoms with van der Waals surface area (Å²) < 4.78 is 67.4. The number of rotatable bonds is 3. The van der Waals surface area contributed by atoms with Gasteiger partial charge in [-0.2, -0.15) is 8.78 Å². The second-order valence-electron chi connectivity index (χ2n) is 2.28. The van der Waals surface area contributed by atoms with Gasteiger partial charge in [0.25, 0.3) is 0 Å². The topological polar surface area (TPSA) is 0 Å². The summed E-state index contributed by atoms with van der Waals surface area (Å²) in [5.74, 6) is 0. The zero-order chi connectivity index (χ0) is 12.0. The van der Waals surface area contributed by atoms with E-state index in [0.717, 1.165) is 0 Å². The maximum absolute atomic E-state index is 11.6. The first-order chi connectivity index (χ1) is 6.06. The van der Waals surface area contributed by atoms with E-state index in [9.17, 15) is 26.3 Å².